The Morgan fingerprint density at radius 1 is 0.893 bits per heavy atom. The van der Waals surface area contributed by atoms with Gasteiger partial charge in [0.25, 0.3) is 0 Å². The summed E-state index contributed by atoms with van der Waals surface area (Å²) in [6.07, 6.45) is 1.65. The Morgan fingerprint density at radius 2 is 1.71 bits per heavy atom. The van der Waals surface area contributed by atoms with Crippen molar-refractivity contribution < 1.29 is 24.8 Å². The SMILES string of the molecule is Oc1ccc(-c2nc3cccnc3n2-c2ccc3c(c2)OCCO3)c(O)c1O. The van der Waals surface area contributed by atoms with Crippen LogP contribution in [0.4, 0.5) is 0 Å². The van der Waals surface area contributed by atoms with Crippen LogP contribution in [0, 0.1) is 0 Å². The lowest BCUT2D eigenvalue weighted by Crippen LogP contribution is -2.15. The van der Waals surface area contributed by atoms with Crippen LogP contribution in [-0.2, 0) is 0 Å². The second-order valence-corrected chi connectivity index (χ2v) is 6.27. The number of fused-ring (bicyclic) bond motifs is 2. The lowest BCUT2D eigenvalue weighted by Gasteiger charge is -2.19. The molecule has 0 saturated carbocycles. The van der Waals surface area contributed by atoms with Crippen LogP contribution in [-0.4, -0.2) is 43.1 Å². The molecule has 3 heterocycles. The number of pyridine rings is 1. The molecule has 28 heavy (non-hydrogen) atoms. The van der Waals surface area contributed by atoms with E-state index in [1.54, 1.807) is 29.0 Å². The molecule has 8 heteroatoms. The van der Waals surface area contributed by atoms with Gasteiger partial charge in [0.15, 0.2) is 34.5 Å². The minimum absolute atomic E-state index is 0.253. The van der Waals surface area contributed by atoms with Crippen LogP contribution in [0.1, 0.15) is 0 Å². The molecule has 0 fully saturated rings. The number of imidazole rings is 1. The fraction of sp³-hybridized carbons (Fsp3) is 0.100. The third-order valence-electron chi connectivity index (χ3n) is 4.57. The molecule has 140 valence electrons. The first-order valence-electron chi connectivity index (χ1n) is 8.61. The van der Waals surface area contributed by atoms with Crippen LogP contribution in [0.3, 0.4) is 0 Å². The third kappa shape index (κ3) is 2.38. The van der Waals surface area contributed by atoms with Crippen molar-refractivity contribution in [1.82, 2.24) is 14.5 Å². The average Bonchev–Trinajstić information content (AvgIpc) is 3.11. The van der Waals surface area contributed by atoms with Crippen molar-refractivity contribution in [3.05, 3.63) is 48.7 Å². The van der Waals surface area contributed by atoms with Gasteiger partial charge in [-0.15, -0.1) is 0 Å². The van der Waals surface area contributed by atoms with E-state index in [-0.39, 0.29) is 5.56 Å². The van der Waals surface area contributed by atoms with Crippen molar-refractivity contribution in [2.45, 2.75) is 0 Å². The molecule has 1 aliphatic rings. The van der Waals surface area contributed by atoms with Crippen molar-refractivity contribution in [2.75, 3.05) is 13.2 Å². The number of rotatable bonds is 2. The van der Waals surface area contributed by atoms with E-state index in [4.69, 9.17) is 9.47 Å². The second kappa shape index (κ2) is 6.05. The van der Waals surface area contributed by atoms with Crippen LogP contribution >= 0.6 is 0 Å². The zero-order valence-electron chi connectivity index (χ0n) is 14.5. The van der Waals surface area contributed by atoms with Gasteiger partial charge in [-0.2, -0.15) is 0 Å². The zero-order valence-corrected chi connectivity index (χ0v) is 14.5. The van der Waals surface area contributed by atoms with Gasteiger partial charge < -0.3 is 24.8 Å². The van der Waals surface area contributed by atoms with Gasteiger partial charge in [-0.3, -0.25) is 4.57 Å². The van der Waals surface area contributed by atoms with Crippen molar-refractivity contribution in [1.29, 1.82) is 0 Å². The van der Waals surface area contributed by atoms with E-state index in [1.165, 1.54) is 12.1 Å². The van der Waals surface area contributed by atoms with Gasteiger partial charge in [0.1, 0.15) is 18.7 Å². The first-order chi connectivity index (χ1) is 13.6. The standard InChI is InChI=1S/C20H15N3O5/c24-14-5-4-12(17(25)18(14)26)19-22-13-2-1-7-21-20(13)23(19)11-3-6-15-16(10-11)28-9-8-27-15/h1-7,10,24-26H,8-9H2. The van der Waals surface area contributed by atoms with Crippen molar-refractivity contribution in [2.24, 2.45) is 0 Å². The molecule has 0 spiro atoms. The second-order valence-electron chi connectivity index (χ2n) is 6.27. The highest BCUT2D eigenvalue weighted by Crippen LogP contribution is 2.43. The summed E-state index contributed by atoms with van der Waals surface area (Å²) in [4.78, 5) is 9.00. The monoisotopic (exact) mass is 377 g/mol. The van der Waals surface area contributed by atoms with E-state index >= 15 is 0 Å². The molecular weight excluding hydrogens is 362 g/mol. The maximum Gasteiger partial charge on any atom is 0.201 e. The molecular formula is C20H15N3O5. The van der Waals surface area contributed by atoms with Crippen molar-refractivity contribution >= 4 is 11.2 Å². The topological polar surface area (TPSA) is 110 Å². The van der Waals surface area contributed by atoms with Gasteiger partial charge in [-0.25, -0.2) is 9.97 Å². The summed E-state index contributed by atoms with van der Waals surface area (Å²) in [5.41, 5.74) is 2.14. The number of aromatic hydroxyl groups is 3. The number of phenolic OH excluding ortho intramolecular Hbond substituents is 3. The summed E-state index contributed by atoms with van der Waals surface area (Å²) >= 11 is 0. The summed E-state index contributed by atoms with van der Waals surface area (Å²) in [5.74, 6) is 0.129. The molecule has 5 rings (SSSR count). The lowest BCUT2D eigenvalue weighted by molar-refractivity contribution is 0.171. The van der Waals surface area contributed by atoms with E-state index in [2.05, 4.69) is 9.97 Å². The Hall–Kier alpha value is -3.94. The van der Waals surface area contributed by atoms with Gasteiger partial charge in [-0.1, -0.05) is 0 Å². The van der Waals surface area contributed by atoms with Gasteiger partial charge in [0.05, 0.1) is 11.3 Å². The molecule has 1 aliphatic heterocycles. The molecule has 0 unspecified atom stereocenters. The Balaban J connectivity index is 1.79. The number of aromatic nitrogens is 3. The third-order valence-corrected chi connectivity index (χ3v) is 4.57. The number of hydrogen-bond acceptors (Lipinski definition) is 7. The van der Waals surface area contributed by atoms with E-state index < -0.39 is 17.2 Å². The summed E-state index contributed by atoms with van der Waals surface area (Å²) in [5, 5.41) is 30.0. The lowest BCUT2D eigenvalue weighted by atomic mass is 10.1. The van der Waals surface area contributed by atoms with E-state index in [9.17, 15) is 15.3 Å². The molecule has 0 amide bonds. The molecule has 4 aromatic rings. The summed E-state index contributed by atoms with van der Waals surface area (Å²) in [7, 11) is 0. The maximum atomic E-state index is 10.4. The summed E-state index contributed by atoms with van der Waals surface area (Å²) in [6.45, 7) is 0.951. The van der Waals surface area contributed by atoms with E-state index in [1.807, 2.05) is 12.1 Å². The Labute approximate surface area is 158 Å². The minimum atomic E-state index is -0.605. The maximum absolute atomic E-state index is 10.4. The van der Waals surface area contributed by atoms with Crippen LogP contribution in [0.2, 0.25) is 0 Å². The fourth-order valence-electron chi connectivity index (χ4n) is 3.26. The average molecular weight is 377 g/mol. The highest BCUT2D eigenvalue weighted by atomic mass is 16.6. The Morgan fingerprint density at radius 3 is 2.57 bits per heavy atom. The fourth-order valence-corrected chi connectivity index (χ4v) is 3.26. The molecule has 0 saturated heterocycles. The predicted molar refractivity (Wildman–Crippen MR) is 100 cm³/mol. The van der Waals surface area contributed by atoms with Gasteiger partial charge in [0.2, 0.25) is 5.75 Å². The van der Waals surface area contributed by atoms with Crippen molar-refractivity contribution in [3.63, 3.8) is 0 Å². The molecule has 0 aliphatic carbocycles. The van der Waals surface area contributed by atoms with Gasteiger partial charge >= 0.3 is 0 Å². The largest absolute Gasteiger partial charge is 0.504 e. The molecule has 2 aromatic heterocycles. The summed E-state index contributed by atoms with van der Waals surface area (Å²) < 4.78 is 13.0. The van der Waals surface area contributed by atoms with E-state index in [0.717, 1.165) is 0 Å². The molecule has 3 N–H and O–H groups in total. The summed E-state index contributed by atoms with van der Waals surface area (Å²) in [6, 6.07) is 11.8. The smallest absolute Gasteiger partial charge is 0.201 e. The quantitative estimate of drug-likeness (QED) is 0.461. The molecule has 0 bridgehead atoms. The highest BCUT2D eigenvalue weighted by Gasteiger charge is 2.22. The number of hydrogen-bond donors (Lipinski definition) is 3. The Kier molecular flexibility index (Phi) is 3.51. The first kappa shape index (κ1) is 16.2. The zero-order chi connectivity index (χ0) is 19.3. The predicted octanol–water partition coefficient (Wildman–Crippen LogP) is 2.98. The number of ether oxygens (including phenoxy) is 2. The minimum Gasteiger partial charge on any atom is -0.504 e. The van der Waals surface area contributed by atoms with Crippen molar-refractivity contribution in [3.8, 4) is 45.8 Å². The first-order valence-corrected chi connectivity index (χ1v) is 8.61. The van der Waals surface area contributed by atoms with E-state index in [0.29, 0.717) is 47.4 Å². The van der Waals surface area contributed by atoms with Gasteiger partial charge in [0, 0.05) is 12.3 Å². The number of nitrogens with zero attached hydrogens (tertiary/aromatic N) is 3. The van der Waals surface area contributed by atoms with Gasteiger partial charge in [-0.05, 0) is 36.4 Å². The molecule has 0 radical (unpaired) electrons. The molecule has 2 aromatic carbocycles. The number of phenols is 3. The van der Waals surface area contributed by atoms with Crippen LogP contribution < -0.4 is 9.47 Å². The Bertz CT molecular complexity index is 1220. The molecule has 0 atom stereocenters. The molecule has 8 nitrogen and oxygen atoms in total. The number of benzene rings is 2. The van der Waals surface area contributed by atoms with Crippen LogP contribution in [0.25, 0.3) is 28.2 Å². The van der Waals surface area contributed by atoms with Crippen LogP contribution in [0.5, 0.6) is 28.7 Å². The van der Waals surface area contributed by atoms with Crippen LogP contribution in [0.15, 0.2) is 48.7 Å². The highest BCUT2D eigenvalue weighted by molar-refractivity contribution is 5.83. The normalized spacial score (nSPS) is 13.0.